The van der Waals surface area contributed by atoms with E-state index in [1.165, 1.54) is 11.3 Å². The number of carbonyl (C=O) groups is 1. The van der Waals surface area contributed by atoms with Crippen molar-refractivity contribution in [2.75, 3.05) is 36.4 Å². The third-order valence-corrected chi connectivity index (χ3v) is 4.76. The Kier molecular flexibility index (Phi) is 4.70. The van der Waals surface area contributed by atoms with E-state index in [0.717, 1.165) is 48.7 Å². The van der Waals surface area contributed by atoms with E-state index >= 15 is 0 Å². The molecule has 3 rings (SSSR count). The highest BCUT2D eigenvalue weighted by Crippen LogP contribution is 2.20. The third kappa shape index (κ3) is 3.28. The second-order valence-electron chi connectivity index (χ2n) is 5.22. The summed E-state index contributed by atoms with van der Waals surface area (Å²) in [5.41, 5.74) is 2.19. The zero-order chi connectivity index (χ0) is 15.4. The van der Waals surface area contributed by atoms with Gasteiger partial charge in [-0.3, -0.25) is 4.79 Å². The monoisotopic (exact) mass is 316 g/mol. The number of nitrogens with one attached hydrogen (secondary N) is 2. The van der Waals surface area contributed by atoms with Crippen LogP contribution in [0.3, 0.4) is 0 Å². The van der Waals surface area contributed by atoms with Crippen LogP contribution in [-0.4, -0.2) is 37.1 Å². The second-order valence-corrected chi connectivity index (χ2v) is 6.14. The van der Waals surface area contributed by atoms with E-state index in [9.17, 15) is 4.79 Å². The first-order valence-corrected chi connectivity index (χ1v) is 8.45. The number of carbonyl (C=O) groups excluding carboxylic acids is 1. The molecule has 0 aliphatic carbocycles. The average Bonchev–Trinajstić information content (AvgIpc) is 3.05. The minimum atomic E-state index is -0.0747. The van der Waals surface area contributed by atoms with Gasteiger partial charge in [0.15, 0.2) is 0 Å². The van der Waals surface area contributed by atoms with E-state index in [4.69, 9.17) is 0 Å². The highest BCUT2D eigenvalue weighted by atomic mass is 32.1. The lowest BCUT2D eigenvalue weighted by Crippen LogP contribution is -2.43. The molecular weight excluding hydrogens is 296 g/mol. The highest BCUT2D eigenvalue weighted by Gasteiger charge is 2.14. The van der Waals surface area contributed by atoms with Crippen molar-refractivity contribution in [3.63, 3.8) is 0 Å². The van der Waals surface area contributed by atoms with Gasteiger partial charge in [0.25, 0.3) is 5.91 Å². The van der Waals surface area contributed by atoms with Crippen LogP contribution in [0.15, 0.2) is 29.8 Å². The van der Waals surface area contributed by atoms with Crippen LogP contribution in [0.2, 0.25) is 0 Å². The molecule has 0 spiro atoms. The van der Waals surface area contributed by atoms with Gasteiger partial charge in [0.1, 0.15) is 5.82 Å². The standard InChI is InChI=1S/C16H20N4OS/c1-2-12-5-10-22-15(12)16(21)19-14-4-3-13(11-18-14)20-8-6-17-7-9-20/h3-5,10-11,17H,2,6-9H2,1H3,(H,18,19,21). The van der Waals surface area contributed by atoms with Crippen LogP contribution < -0.4 is 15.5 Å². The van der Waals surface area contributed by atoms with Gasteiger partial charge in [-0.2, -0.15) is 0 Å². The van der Waals surface area contributed by atoms with Crippen molar-refractivity contribution in [2.24, 2.45) is 0 Å². The molecule has 6 heteroatoms. The van der Waals surface area contributed by atoms with E-state index in [-0.39, 0.29) is 5.91 Å². The summed E-state index contributed by atoms with van der Waals surface area (Å²) in [4.78, 5) is 19.7. The number of aryl methyl sites for hydroxylation is 1. The topological polar surface area (TPSA) is 57.3 Å². The van der Waals surface area contributed by atoms with Crippen molar-refractivity contribution < 1.29 is 4.79 Å². The lowest BCUT2D eigenvalue weighted by Gasteiger charge is -2.29. The van der Waals surface area contributed by atoms with Crippen molar-refractivity contribution in [3.8, 4) is 0 Å². The third-order valence-electron chi connectivity index (χ3n) is 3.81. The minimum Gasteiger partial charge on any atom is -0.368 e. The van der Waals surface area contributed by atoms with Gasteiger partial charge in [0, 0.05) is 26.2 Å². The summed E-state index contributed by atoms with van der Waals surface area (Å²) in [6, 6.07) is 5.89. The quantitative estimate of drug-likeness (QED) is 0.909. The molecule has 0 radical (unpaired) electrons. The zero-order valence-electron chi connectivity index (χ0n) is 12.6. The predicted molar refractivity (Wildman–Crippen MR) is 91.0 cm³/mol. The number of piperazine rings is 1. The van der Waals surface area contributed by atoms with E-state index in [2.05, 4.69) is 27.4 Å². The SMILES string of the molecule is CCc1ccsc1C(=O)Nc1ccc(N2CCNCC2)cn1. The number of pyridine rings is 1. The van der Waals surface area contributed by atoms with Crippen molar-refractivity contribution in [1.82, 2.24) is 10.3 Å². The van der Waals surface area contributed by atoms with E-state index < -0.39 is 0 Å². The molecule has 116 valence electrons. The van der Waals surface area contributed by atoms with Crippen molar-refractivity contribution in [1.29, 1.82) is 0 Å². The van der Waals surface area contributed by atoms with Gasteiger partial charge in [-0.15, -0.1) is 11.3 Å². The first kappa shape index (κ1) is 15.0. The Bertz CT molecular complexity index is 632. The van der Waals surface area contributed by atoms with Crippen molar-refractivity contribution in [3.05, 3.63) is 40.2 Å². The van der Waals surface area contributed by atoms with Gasteiger partial charge >= 0.3 is 0 Å². The second kappa shape index (κ2) is 6.89. The summed E-state index contributed by atoms with van der Waals surface area (Å²) in [5.74, 6) is 0.522. The molecule has 1 fully saturated rings. The Labute approximate surface area is 134 Å². The van der Waals surface area contributed by atoms with Gasteiger partial charge in [-0.25, -0.2) is 4.98 Å². The lowest BCUT2D eigenvalue weighted by molar-refractivity contribution is 0.102. The summed E-state index contributed by atoms with van der Waals surface area (Å²) in [7, 11) is 0. The zero-order valence-corrected chi connectivity index (χ0v) is 13.4. The molecule has 22 heavy (non-hydrogen) atoms. The summed E-state index contributed by atoms with van der Waals surface area (Å²) < 4.78 is 0. The molecule has 1 aliphatic heterocycles. The van der Waals surface area contributed by atoms with E-state index in [0.29, 0.717) is 5.82 Å². The van der Waals surface area contributed by atoms with Crippen LogP contribution in [0.4, 0.5) is 11.5 Å². The number of aromatic nitrogens is 1. The molecule has 0 unspecified atom stereocenters. The van der Waals surface area contributed by atoms with Gasteiger partial charge < -0.3 is 15.5 Å². The fourth-order valence-corrected chi connectivity index (χ4v) is 3.45. The molecule has 0 bridgehead atoms. The normalized spacial score (nSPS) is 14.9. The Morgan fingerprint density at radius 2 is 2.18 bits per heavy atom. The van der Waals surface area contributed by atoms with Crippen molar-refractivity contribution >= 4 is 28.7 Å². The van der Waals surface area contributed by atoms with Crippen LogP contribution in [0.25, 0.3) is 0 Å². The van der Waals surface area contributed by atoms with E-state index in [1.807, 2.05) is 29.8 Å². The molecule has 2 aromatic rings. The molecule has 0 aromatic carbocycles. The molecular formula is C16H20N4OS. The maximum Gasteiger partial charge on any atom is 0.267 e. The molecule has 1 amide bonds. The lowest BCUT2D eigenvalue weighted by atomic mass is 10.2. The maximum absolute atomic E-state index is 12.3. The first-order valence-electron chi connectivity index (χ1n) is 7.57. The van der Waals surface area contributed by atoms with E-state index in [1.54, 1.807) is 0 Å². The van der Waals surface area contributed by atoms with Gasteiger partial charge in [0.2, 0.25) is 0 Å². The molecule has 3 heterocycles. The number of rotatable bonds is 4. The first-order chi connectivity index (χ1) is 10.8. The Morgan fingerprint density at radius 3 is 2.86 bits per heavy atom. The Hall–Kier alpha value is -1.92. The minimum absolute atomic E-state index is 0.0747. The maximum atomic E-state index is 12.3. The molecule has 2 aromatic heterocycles. The van der Waals surface area contributed by atoms with Crippen LogP contribution in [0.5, 0.6) is 0 Å². The van der Waals surface area contributed by atoms with Crippen LogP contribution in [0, 0.1) is 0 Å². The largest absolute Gasteiger partial charge is 0.368 e. The summed E-state index contributed by atoms with van der Waals surface area (Å²) in [5, 5.41) is 8.16. The number of hydrogen-bond donors (Lipinski definition) is 2. The number of nitrogens with zero attached hydrogens (tertiary/aromatic N) is 2. The summed E-state index contributed by atoms with van der Waals surface area (Å²) in [6.45, 7) is 6.03. The Balaban J connectivity index is 1.67. The number of anilines is 2. The molecule has 0 atom stereocenters. The van der Waals surface area contributed by atoms with Gasteiger partial charge in [-0.1, -0.05) is 6.92 Å². The summed E-state index contributed by atoms with van der Waals surface area (Å²) in [6.07, 6.45) is 2.69. The summed E-state index contributed by atoms with van der Waals surface area (Å²) >= 11 is 1.47. The van der Waals surface area contributed by atoms with Crippen LogP contribution >= 0.6 is 11.3 Å². The number of amides is 1. The van der Waals surface area contributed by atoms with Gasteiger partial charge in [-0.05, 0) is 35.6 Å². The Morgan fingerprint density at radius 1 is 1.36 bits per heavy atom. The molecule has 0 saturated carbocycles. The fraction of sp³-hybridized carbons (Fsp3) is 0.375. The number of thiophene rings is 1. The van der Waals surface area contributed by atoms with Crippen molar-refractivity contribution in [2.45, 2.75) is 13.3 Å². The molecule has 5 nitrogen and oxygen atoms in total. The predicted octanol–water partition coefficient (Wildman–Crippen LogP) is 2.37. The molecule has 1 aliphatic rings. The number of hydrogen-bond acceptors (Lipinski definition) is 5. The molecule has 1 saturated heterocycles. The average molecular weight is 316 g/mol. The molecule has 2 N–H and O–H groups in total. The van der Waals surface area contributed by atoms with Gasteiger partial charge in [0.05, 0.1) is 16.8 Å². The fourth-order valence-electron chi connectivity index (χ4n) is 2.56. The smallest absolute Gasteiger partial charge is 0.267 e. The van der Waals surface area contributed by atoms with Crippen LogP contribution in [-0.2, 0) is 6.42 Å². The highest BCUT2D eigenvalue weighted by molar-refractivity contribution is 7.12. The van der Waals surface area contributed by atoms with Crippen LogP contribution in [0.1, 0.15) is 22.2 Å².